The van der Waals surface area contributed by atoms with Crippen LogP contribution in [-0.4, -0.2) is 18.4 Å². The van der Waals surface area contributed by atoms with Gasteiger partial charge in [-0.05, 0) is 61.4 Å². The van der Waals surface area contributed by atoms with Crippen LogP contribution in [-0.2, 0) is 10.0 Å². The van der Waals surface area contributed by atoms with Gasteiger partial charge in [0, 0.05) is 10.7 Å². The minimum Gasteiger partial charge on any atom is -0.337 e. The molecule has 0 radical (unpaired) electrons. The fourth-order valence-corrected chi connectivity index (χ4v) is 4.79. The molecule has 0 saturated heterocycles. The molecular weight excluding hydrogens is 455 g/mol. The molecule has 9 heteroatoms. The third-order valence-electron chi connectivity index (χ3n) is 4.63. The minimum absolute atomic E-state index is 0.0506. The van der Waals surface area contributed by atoms with E-state index in [4.69, 9.17) is 23.2 Å². The Morgan fingerprint density at radius 3 is 2.23 bits per heavy atom. The summed E-state index contributed by atoms with van der Waals surface area (Å²) in [5.74, 6) is 0.324. The Bertz CT molecular complexity index is 1410. The first kappa shape index (κ1) is 21.4. The third-order valence-corrected chi connectivity index (χ3v) is 6.69. The van der Waals surface area contributed by atoms with Crippen LogP contribution < -0.4 is 10.0 Å². The summed E-state index contributed by atoms with van der Waals surface area (Å²) in [6.07, 6.45) is 0. The predicted octanol–water partition coefficient (Wildman–Crippen LogP) is 6.10. The highest BCUT2D eigenvalue weighted by Crippen LogP contribution is 2.31. The average molecular weight is 473 g/mol. The number of nitrogens with one attached hydrogen (secondary N) is 2. The second kappa shape index (κ2) is 8.34. The topological polar surface area (TPSA) is 84.0 Å². The van der Waals surface area contributed by atoms with Gasteiger partial charge in [-0.3, -0.25) is 4.72 Å². The van der Waals surface area contributed by atoms with Crippen LogP contribution in [0.3, 0.4) is 0 Å². The molecule has 0 aliphatic rings. The van der Waals surface area contributed by atoms with Gasteiger partial charge in [0.1, 0.15) is 4.90 Å². The van der Waals surface area contributed by atoms with Crippen LogP contribution in [0.1, 0.15) is 11.1 Å². The highest BCUT2D eigenvalue weighted by Gasteiger charge is 2.22. The van der Waals surface area contributed by atoms with Crippen LogP contribution in [0, 0.1) is 13.8 Å². The Balaban J connectivity index is 1.83. The molecule has 2 N–H and O–H groups in total. The maximum atomic E-state index is 13.1. The summed E-state index contributed by atoms with van der Waals surface area (Å²) >= 11 is 12.1. The van der Waals surface area contributed by atoms with E-state index in [2.05, 4.69) is 20.0 Å². The molecule has 31 heavy (non-hydrogen) atoms. The van der Waals surface area contributed by atoms with Crippen molar-refractivity contribution in [2.45, 2.75) is 18.7 Å². The van der Waals surface area contributed by atoms with Crippen molar-refractivity contribution >= 4 is 61.6 Å². The summed E-state index contributed by atoms with van der Waals surface area (Å²) in [5.41, 5.74) is 4.00. The number of benzene rings is 3. The van der Waals surface area contributed by atoms with Crippen molar-refractivity contribution in [3.05, 3.63) is 81.8 Å². The van der Waals surface area contributed by atoms with Crippen molar-refractivity contribution in [3.63, 3.8) is 0 Å². The Morgan fingerprint density at radius 2 is 1.52 bits per heavy atom. The van der Waals surface area contributed by atoms with Crippen molar-refractivity contribution in [1.29, 1.82) is 0 Å². The lowest BCUT2D eigenvalue weighted by molar-refractivity contribution is 0.601. The van der Waals surface area contributed by atoms with Gasteiger partial charge in [0.25, 0.3) is 10.0 Å². The van der Waals surface area contributed by atoms with E-state index < -0.39 is 10.0 Å². The molecule has 6 nitrogen and oxygen atoms in total. The number of anilines is 3. The van der Waals surface area contributed by atoms with E-state index >= 15 is 0 Å². The maximum absolute atomic E-state index is 13.1. The van der Waals surface area contributed by atoms with Gasteiger partial charge in [0.2, 0.25) is 0 Å². The van der Waals surface area contributed by atoms with Gasteiger partial charge in [-0.25, -0.2) is 18.4 Å². The van der Waals surface area contributed by atoms with E-state index in [0.29, 0.717) is 11.0 Å². The quantitative estimate of drug-likeness (QED) is 0.366. The number of hydrogen-bond acceptors (Lipinski definition) is 5. The molecule has 0 saturated carbocycles. The standard InChI is InChI=1S/C22H18Cl2N4O2S/c1-13-7-8-14(2)19(11-13)27-21-22(26-18-6-4-3-5-17(18)25-21)28-31(29,30)20-12-15(23)9-10-16(20)24/h3-12H,1-2H3,(H,25,27)(H,26,28). The number of halogens is 2. The zero-order chi connectivity index (χ0) is 22.2. The van der Waals surface area contributed by atoms with Gasteiger partial charge >= 0.3 is 0 Å². The van der Waals surface area contributed by atoms with Crippen LogP contribution in [0.25, 0.3) is 11.0 Å². The molecule has 158 valence electrons. The van der Waals surface area contributed by atoms with Gasteiger partial charge < -0.3 is 5.32 Å². The normalized spacial score (nSPS) is 11.5. The molecule has 0 atom stereocenters. The van der Waals surface area contributed by atoms with Crippen LogP contribution >= 0.6 is 23.2 Å². The molecule has 4 aromatic rings. The van der Waals surface area contributed by atoms with Gasteiger partial charge in [-0.1, -0.05) is 47.5 Å². The molecule has 4 rings (SSSR count). The number of rotatable bonds is 5. The summed E-state index contributed by atoms with van der Waals surface area (Å²) in [4.78, 5) is 8.95. The van der Waals surface area contributed by atoms with Crippen LogP contribution in [0.15, 0.2) is 65.6 Å². The van der Waals surface area contributed by atoms with Crippen LogP contribution in [0.5, 0.6) is 0 Å². The molecule has 0 amide bonds. The van der Waals surface area contributed by atoms with Gasteiger partial charge in [0.15, 0.2) is 11.6 Å². The molecule has 1 heterocycles. The van der Waals surface area contributed by atoms with E-state index in [0.717, 1.165) is 16.8 Å². The number of sulfonamides is 1. The van der Waals surface area contributed by atoms with E-state index in [1.54, 1.807) is 12.1 Å². The maximum Gasteiger partial charge on any atom is 0.264 e. The van der Waals surface area contributed by atoms with E-state index in [-0.39, 0.29) is 26.6 Å². The summed E-state index contributed by atoms with van der Waals surface area (Å²) in [5, 5.41) is 3.52. The SMILES string of the molecule is Cc1ccc(C)c(Nc2nc3ccccc3nc2NS(=O)(=O)c2cc(Cl)ccc2Cl)c1. The average Bonchev–Trinajstić information content (AvgIpc) is 2.72. The Kier molecular flexibility index (Phi) is 5.75. The van der Waals surface area contributed by atoms with Crippen molar-refractivity contribution in [2.75, 3.05) is 10.0 Å². The fourth-order valence-electron chi connectivity index (χ4n) is 3.02. The molecule has 3 aromatic carbocycles. The molecule has 1 aromatic heterocycles. The lowest BCUT2D eigenvalue weighted by Gasteiger charge is -2.16. The molecule has 0 spiro atoms. The van der Waals surface area contributed by atoms with E-state index in [9.17, 15) is 8.42 Å². The number of aromatic nitrogens is 2. The highest BCUT2D eigenvalue weighted by molar-refractivity contribution is 7.92. The van der Waals surface area contributed by atoms with E-state index in [1.165, 1.54) is 18.2 Å². The lowest BCUT2D eigenvalue weighted by Crippen LogP contribution is -2.16. The zero-order valence-electron chi connectivity index (χ0n) is 16.6. The van der Waals surface area contributed by atoms with Crippen molar-refractivity contribution in [2.24, 2.45) is 0 Å². The van der Waals surface area contributed by atoms with Crippen molar-refractivity contribution in [3.8, 4) is 0 Å². The van der Waals surface area contributed by atoms with Gasteiger partial charge in [0.05, 0.1) is 16.1 Å². The Morgan fingerprint density at radius 1 is 0.839 bits per heavy atom. The second-order valence-corrected chi connectivity index (χ2v) is 9.53. The van der Waals surface area contributed by atoms with Crippen molar-refractivity contribution in [1.82, 2.24) is 9.97 Å². The summed E-state index contributed by atoms with van der Waals surface area (Å²) < 4.78 is 28.7. The highest BCUT2D eigenvalue weighted by atomic mass is 35.5. The summed E-state index contributed by atoms with van der Waals surface area (Å²) in [6, 6.07) is 17.4. The Labute approximate surface area is 190 Å². The monoisotopic (exact) mass is 472 g/mol. The molecule has 0 unspecified atom stereocenters. The minimum atomic E-state index is -4.08. The Hall–Kier alpha value is -2.87. The first-order valence-electron chi connectivity index (χ1n) is 9.32. The van der Waals surface area contributed by atoms with Crippen LogP contribution in [0.2, 0.25) is 10.0 Å². The molecular formula is C22H18Cl2N4O2S. The number of nitrogens with zero attached hydrogens (tertiary/aromatic N) is 2. The van der Waals surface area contributed by atoms with Crippen LogP contribution in [0.4, 0.5) is 17.3 Å². The first-order chi connectivity index (χ1) is 14.7. The first-order valence-corrected chi connectivity index (χ1v) is 11.6. The smallest absolute Gasteiger partial charge is 0.264 e. The number of para-hydroxylation sites is 2. The summed E-state index contributed by atoms with van der Waals surface area (Å²) in [6.45, 7) is 3.92. The number of aryl methyl sites for hydroxylation is 2. The third kappa shape index (κ3) is 4.58. The number of hydrogen-bond donors (Lipinski definition) is 2. The largest absolute Gasteiger partial charge is 0.337 e. The molecule has 0 fully saturated rings. The summed E-state index contributed by atoms with van der Waals surface area (Å²) in [7, 11) is -4.08. The zero-order valence-corrected chi connectivity index (χ0v) is 19.0. The molecule has 0 aliphatic heterocycles. The molecule has 0 bridgehead atoms. The lowest BCUT2D eigenvalue weighted by atomic mass is 10.1. The molecule has 0 aliphatic carbocycles. The van der Waals surface area contributed by atoms with Gasteiger partial charge in [-0.15, -0.1) is 0 Å². The fraction of sp³-hybridized carbons (Fsp3) is 0.0909. The number of fused-ring (bicyclic) bond motifs is 1. The van der Waals surface area contributed by atoms with E-state index in [1.807, 2.05) is 44.2 Å². The second-order valence-electron chi connectivity index (χ2n) is 7.03. The van der Waals surface area contributed by atoms with Crippen molar-refractivity contribution < 1.29 is 8.42 Å². The predicted molar refractivity (Wildman–Crippen MR) is 126 cm³/mol. The van der Waals surface area contributed by atoms with Gasteiger partial charge in [-0.2, -0.15) is 0 Å².